The molecule has 0 saturated heterocycles. The van der Waals surface area contributed by atoms with Crippen LogP contribution in [0, 0.1) is 14.7 Å². The van der Waals surface area contributed by atoms with Gasteiger partial charge in [0.2, 0.25) is 5.91 Å². The Morgan fingerprint density at radius 3 is 2.06 bits per heavy atom. The van der Waals surface area contributed by atoms with Crippen LogP contribution < -0.4 is 20.1 Å². The van der Waals surface area contributed by atoms with E-state index in [1.807, 2.05) is 0 Å². The van der Waals surface area contributed by atoms with Crippen molar-refractivity contribution in [3.8, 4) is 11.5 Å². The Bertz CT molecular complexity index is 2160. The van der Waals surface area contributed by atoms with Gasteiger partial charge >= 0.3 is 17.5 Å². The first-order valence-electron chi connectivity index (χ1n) is 13.7. The van der Waals surface area contributed by atoms with E-state index in [2.05, 4.69) is 40.5 Å². The highest BCUT2D eigenvalue weighted by atomic mass is 32.2. The van der Waals surface area contributed by atoms with E-state index in [1.54, 1.807) is 13.8 Å². The fraction of sp³-hybridized carbons (Fsp3) is 0.179. The number of sulfonamides is 1. The number of carbonyl (C=O) groups is 1. The second-order valence-electron chi connectivity index (χ2n) is 9.53. The van der Waals surface area contributed by atoms with Crippen molar-refractivity contribution < 1.29 is 32.1 Å². The molecule has 18 nitrogen and oxygen atoms in total. The van der Waals surface area contributed by atoms with Crippen molar-refractivity contribution in [3.63, 3.8) is 0 Å². The predicted molar refractivity (Wildman–Crippen MR) is 176 cm³/mol. The number of nitrogens with zero attached hydrogens (tertiary/aromatic N) is 7. The third-order valence-corrected chi connectivity index (χ3v) is 8.52. The van der Waals surface area contributed by atoms with E-state index < -0.39 is 39.7 Å². The molecule has 1 atom stereocenters. The van der Waals surface area contributed by atoms with Crippen molar-refractivity contribution in [3.05, 3.63) is 75.4 Å². The third-order valence-electron chi connectivity index (χ3n) is 6.29. The van der Waals surface area contributed by atoms with Gasteiger partial charge in [0.25, 0.3) is 0 Å². The summed E-state index contributed by atoms with van der Waals surface area (Å²) in [5.74, 6) is -0.244. The van der Waals surface area contributed by atoms with Crippen LogP contribution in [-0.4, -0.2) is 32.4 Å². The molecule has 0 aliphatic rings. The number of benzene rings is 4. The van der Waals surface area contributed by atoms with Crippen LogP contribution in [0.5, 0.6) is 11.5 Å². The molecule has 48 heavy (non-hydrogen) atoms. The topological polar surface area (TPSA) is 257 Å². The lowest BCUT2D eigenvalue weighted by molar-refractivity contribution is -0.114. The first kappa shape index (κ1) is 35.2. The highest BCUT2D eigenvalue weighted by molar-refractivity contribution is 7.90. The van der Waals surface area contributed by atoms with E-state index >= 15 is 0 Å². The van der Waals surface area contributed by atoms with Gasteiger partial charge in [0.05, 0.1) is 28.8 Å². The van der Waals surface area contributed by atoms with Crippen LogP contribution in [0.25, 0.3) is 10.8 Å². The molecule has 0 bridgehead atoms. The van der Waals surface area contributed by atoms with E-state index in [9.17, 15) is 37.4 Å². The van der Waals surface area contributed by atoms with Crippen molar-refractivity contribution >= 4 is 73.7 Å². The quantitative estimate of drug-likeness (QED) is 0.0732. The number of rotatable bonds is 14. The summed E-state index contributed by atoms with van der Waals surface area (Å²) in [5, 5.41) is 21.9. The molecule has 0 fully saturated rings. The Labute approximate surface area is 271 Å². The van der Waals surface area contributed by atoms with Gasteiger partial charge in [0.1, 0.15) is 39.1 Å². The number of nitroso groups, excluding NO2 is 3. The molecular weight excluding hydrogens is 671 g/mol. The second kappa shape index (κ2) is 14.8. The highest BCUT2D eigenvalue weighted by Crippen LogP contribution is 2.46. The molecular formula is C28H25N8O10PS. The number of hydrogen-bond acceptors (Lipinski definition) is 14. The minimum Gasteiger partial charge on any atom is -0.491 e. The van der Waals surface area contributed by atoms with E-state index in [1.165, 1.54) is 61.5 Å². The molecule has 0 aromatic heterocycles. The number of amides is 1. The first-order valence-corrected chi connectivity index (χ1v) is 16.8. The number of azo groups is 2. The maximum Gasteiger partial charge on any atom is 0.379 e. The normalized spacial score (nSPS) is 12.9. The molecule has 0 aliphatic carbocycles. The molecule has 2 N–H and O–H groups in total. The van der Waals surface area contributed by atoms with Crippen molar-refractivity contribution in [2.24, 2.45) is 35.2 Å². The Hall–Kier alpha value is -5.65. The first-order chi connectivity index (χ1) is 22.9. The zero-order valence-corrected chi connectivity index (χ0v) is 27.0. The molecule has 1 amide bonds. The highest BCUT2D eigenvalue weighted by Gasteiger charge is 2.26. The van der Waals surface area contributed by atoms with Crippen molar-refractivity contribution in [2.75, 3.05) is 18.5 Å². The van der Waals surface area contributed by atoms with Crippen molar-refractivity contribution in [1.29, 1.82) is 0 Å². The number of hydrogen-bond donors (Lipinski definition) is 2. The van der Waals surface area contributed by atoms with Gasteiger partial charge in [-0.1, -0.05) is 12.1 Å². The van der Waals surface area contributed by atoms with Gasteiger partial charge in [-0.25, -0.2) is 0 Å². The zero-order chi connectivity index (χ0) is 35.1. The second-order valence-corrected chi connectivity index (χ2v) is 12.8. The summed E-state index contributed by atoms with van der Waals surface area (Å²) >= 11 is 0. The van der Waals surface area contributed by atoms with Gasteiger partial charge in [0, 0.05) is 35.1 Å². The van der Waals surface area contributed by atoms with E-state index in [0.29, 0.717) is 0 Å². The van der Waals surface area contributed by atoms with Gasteiger partial charge in [-0.05, 0) is 60.8 Å². The Kier molecular flexibility index (Phi) is 10.9. The lowest BCUT2D eigenvalue weighted by Crippen LogP contribution is -2.05. The maximum atomic E-state index is 12.7. The predicted octanol–water partition coefficient (Wildman–Crippen LogP) is 7.86. The zero-order valence-electron chi connectivity index (χ0n) is 25.3. The SMILES string of the molecule is CCOc1cc(/N=N/c2c(S(=O)(=O)N=O)cc3ccc(NC(C)=O)cc3c2N=O)c(OCC)cc1/N=N/c1cccc(P(=O)(O)N=O)c1. The number of anilines is 1. The summed E-state index contributed by atoms with van der Waals surface area (Å²) in [4.78, 5) is 57.1. The van der Waals surface area contributed by atoms with Crippen LogP contribution in [0.4, 0.5) is 34.1 Å². The monoisotopic (exact) mass is 696 g/mol. The molecule has 0 radical (unpaired) electrons. The number of carbonyl (C=O) groups excluding carboxylic acids is 1. The van der Waals surface area contributed by atoms with Crippen molar-refractivity contribution in [1.82, 2.24) is 0 Å². The molecule has 20 heteroatoms. The van der Waals surface area contributed by atoms with E-state index in [4.69, 9.17) is 9.47 Å². The maximum absolute atomic E-state index is 12.7. The third kappa shape index (κ3) is 7.83. The van der Waals surface area contributed by atoms with Crippen LogP contribution in [0.15, 0.2) is 101 Å². The molecule has 0 heterocycles. The summed E-state index contributed by atoms with van der Waals surface area (Å²) in [6.07, 6.45) is 0. The van der Waals surface area contributed by atoms with Crippen LogP contribution in [0.2, 0.25) is 0 Å². The molecule has 4 rings (SSSR count). The smallest absolute Gasteiger partial charge is 0.379 e. The largest absolute Gasteiger partial charge is 0.491 e. The van der Waals surface area contributed by atoms with Gasteiger partial charge in [0.15, 0.2) is 0 Å². The molecule has 1 unspecified atom stereocenters. The van der Waals surface area contributed by atoms with Gasteiger partial charge in [-0.15, -0.1) is 30.1 Å². The Morgan fingerprint density at radius 1 is 0.854 bits per heavy atom. The Balaban J connectivity index is 1.88. The summed E-state index contributed by atoms with van der Waals surface area (Å²) < 4.78 is 50.9. The molecule has 0 saturated carbocycles. The van der Waals surface area contributed by atoms with Gasteiger partial charge in [-0.2, -0.15) is 13.5 Å². The minimum absolute atomic E-state index is 0.0223. The molecule has 4 aromatic rings. The molecule has 4 aromatic carbocycles. The summed E-state index contributed by atoms with van der Waals surface area (Å²) in [5.41, 5.74) is -0.630. The minimum atomic E-state index is -4.87. The van der Waals surface area contributed by atoms with Crippen LogP contribution in [0.1, 0.15) is 20.8 Å². The van der Waals surface area contributed by atoms with E-state index in [0.717, 1.165) is 6.07 Å². The van der Waals surface area contributed by atoms with Gasteiger partial charge < -0.3 is 19.7 Å². The summed E-state index contributed by atoms with van der Waals surface area (Å²) in [6, 6.07) is 13.3. The van der Waals surface area contributed by atoms with Crippen LogP contribution in [0.3, 0.4) is 0 Å². The molecule has 248 valence electrons. The van der Waals surface area contributed by atoms with E-state index in [-0.39, 0.29) is 63.5 Å². The van der Waals surface area contributed by atoms with Crippen molar-refractivity contribution in [2.45, 2.75) is 25.7 Å². The lowest BCUT2D eigenvalue weighted by atomic mass is 10.1. The molecule has 0 spiro atoms. The fourth-order valence-corrected chi connectivity index (χ4v) is 5.70. The number of nitrogens with one attached hydrogen (secondary N) is 1. The molecule has 0 aliphatic heterocycles. The standard InChI is InChI=1S/C28H25N8O10PS/c1-4-45-24-15-23(25(46-5-2)14-22(24)31-30-19-7-6-8-20(12-19)47(41,42)35-39)32-33-28-26(48(43,44)36-40)11-17-9-10-18(29-16(3)37)13-21(17)27(28)34-38/h6-15H,4-5H2,1-3H3,(H,29,37)(H,41,42)/b31-30+,33-32+. The number of ether oxygens (including phenoxy) is 2. The average Bonchev–Trinajstić information content (AvgIpc) is 3.06. The average molecular weight is 697 g/mol. The summed E-state index contributed by atoms with van der Waals surface area (Å²) in [7, 11) is -9.34. The van der Waals surface area contributed by atoms with Crippen LogP contribution in [-0.2, 0) is 19.4 Å². The summed E-state index contributed by atoms with van der Waals surface area (Å²) in [6.45, 7) is 4.90. The van der Waals surface area contributed by atoms with Crippen LogP contribution >= 0.6 is 7.52 Å². The number of fused-ring (bicyclic) bond motifs is 1. The Morgan fingerprint density at radius 2 is 1.50 bits per heavy atom. The fourth-order valence-electron chi connectivity index (χ4n) is 4.28. The lowest BCUT2D eigenvalue weighted by Gasteiger charge is -2.12. The van der Waals surface area contributed by atoms with Gasteiger partial charge in [-0.3, -0.25) is 9.36 Å².